The van der Waals surface area contributed by atoms with Crippen LogP contribution in [0.25, 0.3) is 0 Å². The van der Waals surface area contributed by atoms with E-state index in [0.717, 1.165) is 70.6 Å². The van der Waals surface area contributed by atoms with Crippen molar-refractivity contribution < 1.29 is 58.0 Å². The first-order valence-corrected chi connectivity index (χ1v) is 24.1. The van der Waals surface area contributed by atoms with Gasteiger partial charge in [-0.1, -0.05) is 150 Å². The Hall–Kier alpha value is -3.55. The fourth-order valence-corrected chi connectivity index (χ4v) is 8.57. The SMILES string of the molecule is CCCCCCCCCCCCCCCCCCCC(c1c(OB(Oc2cc(F)c(F)c(F)c2)Oc2cc(F)c(F)c(F)c2)cc(F)c(F)c1F)[N+](CCCC)(CCCC)CCCC. The highest BCUT2D eigenvalue weighted by Crippen LogP contribution is 2.43. The van der Waals surface area contributed by atoms with Crippen molar-refractivity contribution in [3.05, 3.63) is 88.3 Å². The minimum atomic E-state index is -2.33. The van der Waals surface area contributed by atoms with Crippen molar-refractivity contribution in [1.82, 2.24) is 0 Å². The molecule has 64 heavy (non-hydrogen) atoms. The summed E-state index contributed by atoms with van der Waals surface area (Å²) in [5.74, 6) is -17.3. The van der Waals surface area contributed by atoms with Gasteiger partial charge < -0.3 is 18.4 Å². The van der Waals surface area contributed by atoms with Crippen molar-refractivity contribution in [3.8, 4) is 17.2 Å². The summed E-state index contributed by atoms with van der Waals surface area (Å²) in [6.45, 7) is 10.1. The molecular weight excluding hydrogens is 844 g/mol. The van der Waals surface area contributed by atoms with Crippen LogP contribution in [0.15, 0.2) is 30.3 Å². The summed E-state index contributed by atoms with van der Waals surface area (Å²) in [6, 6.07) is 1.55. The normalized spacial score (nSPS) is 12.2. The standard InChI is InChI=1S/C50H72BF9NO3/c1-5-9-13-14-15-16-17-18-19-20-21-22-23-24-25-26-27-28-44(61(29-10-6-2,30-11-7-3)31-12-8-4)46-45(36-43(56)49(59)50(46)60)64-51(62-37-32-39(52)47(57)40(53)33-37)63-38-34-41(54)48(58)42(55)35-38/h32-36,44H,5-31H2,1-4H3/q+1. The molecule has 0 aromatic heterocycles. The summed E-state index contributed by atoms with van der Waals surface area (Å²) < 4.78 is 150. The zero-order chi connectivity index (χ0) is 46.9. The molecule has 0 aliphatic rings. The van der Waals surface area contributed by atoms with E-state index in [2.05, 4.69) is 6.92 Å². The van der Waals surface area contributed by atoms with E-state index in [4.69, 9.17) is 14.0 Å². The molecule has 0 saturated heterocycles. The van der Waals surface area contributed by atoms with Gasteiger partial charge in [-0.05, 0) is 25.7 Å². The van der Waals surface area contributed by atoms with Gasteiger partial charge >= 0.3 is 7.32 Å². The third-order valence-electron chi connectivity index (χ3n) is 12.2. The van der Waals surface area contributed by atoms with Crippen LogP contribution < -0.4 is 14.0 Å². The molecule has 3 aromatic carbocycles. The van der Waals surface area contributed by atoms with Gasteiger partial charge in [-0.15, -0.1) is 0 Å². The summed E-state index contributed by atoms with van der Waals surface area (Å²) in [7, 11) is -2.33. The third-order valence-corrected chi connectivity index (χ3v) is 12.2. The molecule has 0 amide bonds. The van der Waals surface area contributed by atoms with Crippen LogP contribution in [0.5, 0.6) is 17.2 Å². The second-order valence-corrected chi connectivity index (χ2v) is 17.4. The highest BCUT2D eigenvalue weighted by molar-refractivity contribution is 6.39. The highest BCUT2D eigenvalue weighted by atomic mass is 19.2. The molecule has 1 atom stereocenters. The molecule has 360 valence electrons. The lowest BCUT2D eigenvalue weighted by Gasteiger charge is -2.46. The second-order valence-electron chi connectivity index (χ2n) is 17.4. The van der Waals surface area contributed by atoms with Gasteiger partial charge in [0.1, 0.15) is 23.3 Å². The van der Waals surface area contributed by atoms with Gasteiger partial charge in [-0.25, -0.2) is 39.5 Å². The van der Waals surface area contributed by atoms with Gasteiger partial charge in [0.15, 0.2) is 52.4 Å². The largest absolute Gasteiger partial charge is 0.864 e. The second kappa shape index (κ2) is 29.9. The Labute approximate surface area is 377 Å². The summed E-state index contributed by atoms with van der Waals surface area (Å²) in [4.78, 5) is 0. The van der Waals surface area contributed by atoms with Crippen LogP contribution in [0.4, 0.5) is 39.5 Å². The molecule has 0 N–H and O–H groups in total. The molecule has 0 spiro atoms. The fourth-order valence-electron chi connectivity index (χ4n) is 8.57. The van der Waals surface area contributed by atoms with Gasteiger partial charge in [0.05, 0.1) is 25.2 Å². The van der Waals surface area contributed by atoms with Gasteiger partial charge in [0.2, 0.25) is 0 Å². The quantitative estimate of drug-likeness (QED) is 0.0193. The molecule has 3 aromatic rings. The summed E-state index contributed by atoms with van der Waals surface area (Å²) in [6.07, 6.45) is 25.0. The number of unbranched alkanes of at least 4 members (excludes halogenated alkanes) is 19. The molecule has 4 nitrogen and oxygen atoms in total. The van der Waals surface area contributed by atoms with Crippen molar-refractivity contribution in [1.29, 1.82) is 0 Å². The smallest absolute Gasteiger partial charge is 0.489 e. The molecular formula is C50H72BF9NO3+. The van der Waals surface area contributed by atoms with E-state index in [-0.39, 0.29) is 5.56 Å². The molecule has 1 unspecified atom stereocenters. The zero-order valence-electron chi connectivity index (χ0n) is 38.7. The first kappa shape index (κ1) is 54.8. The maximum atomic E-state index is 16.7. The molecule has 0 radical (unpaired) electrons. The molecule has 0 fully saturated rings. The van der Waals surface area contributed by atoms with Gasteiger partial charge in [0.25, 0.3) is 0 Å². The van der Waals surface area contributed by atoms with Crippen molar-refractivity contribution >= 4 is 7.32 Å². The van der Waals surface area contributed by atoms with Crippen molar-refractivity contribution in [2.45, 2.75) is 188 Å². The minimum absolute atomic E-state index is 0.316. The van der Waals surface area contributed by atoms with E-state index in [1.54, 1.807) is 0 Å². The summed E-state index contributed by atoms with van der Waals surface area (Å²) in [5, 5.41) is 0. The van der Waals surface area contributed by atoms with Crippen LogP contribution in [-0.2, 0) is 0 Å². The van der Waals surface area contributed by atoms with Crippen LogP contribution >= 0.6 is 0 Å². The van der Waals surface area contributed by atoms with Crippen molar-refractivity contribution in [2.75, 3.05) is 19.6 Å². The van der Waals surface area contributed by atoms with Gasteiger partial charge in [-0.2, -0.15) is 0 Å². The Kier molecular flexibility index (Phi) is 25.6. The van der Waals surface area contributed by atoms with Crippen LogP contribution in [0.2, 0.25) is 0 Å². The molecule has 14 heteroatoms. The molecule has 0 bridgehead atoms. The van der Waals surface area contributed by atoms with E-state index in [0.29, 0.717) is 67.3 Å². The predicted molar refractivity (Wildman–Crippen MR) is 238 cm³/mol. The van der Waals surface area contributed by atoms with E-state index in [1.807, 2.05) is 20.8 Å². The zero-order valence-corrected chi connectivity index (χ0v) is 38.7. The van der Waals surface area contributed by atoms with E-state index < -0.39 is 83.0 Å². The number of rotatable bonds is 35. The van der Waals surface area contributed by atoms with Crippen molar-refractivity contribution in [2.24, 2.45) is 0 Å². The molecule has 0 heterocycles. The monoisotopic (exact) mass is 917 g/mol. The van der Waals surface area contributed by atoms with Crippen LogP contribution in [0.3, 0.4) is 0 Å². The van der Waals surface area contributed by atoms with E-state index in [1.165, 1.54) is 70.6 Å². The maximum absolute atomic E-state index is 16.7. The number of hydrogen-bond acceptors (Lipinski definition) is 3. The Morgan fingerprint density at radius 1 is 0.391 bits per heavy atom. The lowest BCUT2D eigenvalue weighted by molar-refractivity contribution is -0.958. The average Bonchev–Trinajstić information content (AvgIpc) is 3.26. The van der Waals surface area contributed by atoms with E-state index in [9.17, 15) is 26.3 Å². The molecule has 0 saturated carbocycles. The lowest BCUT2D eigenvalue weighted by Crippen LogP contribution is -2.53. The number of benzene rings is 3. The van der Waals surface area contributed by atoms with Gasteiger partial charge in [-0.3, -0.25) is 0 Å². The highest BCUT2D eigenvalue weighted by Gasteiger charge is 2.43. The van der Waals surface area contributed by atoms with Gasteiger partial charge in [0, 0.05) is 36.8 Å². The number of hydrogen-bond donors (Lipinski definition) is 0. The van der Waals surface area contributed by atoms with Crippen LogP contribution in [-0.4, -0.2) is 31.4 Å². The van der Waals surface area contributed by atoms with E-state index >= 15 is 13.2 Å². The predicted octanol–water partition coefficient (Wildman–Crippen LogP) is 16.8. The summed E-state index contributed by atoms with van der Waals surface area (Å²) in [5.41, 5.74) is -0.316. The first-order valence-electron chi connectivity index (χ1n) is 24.1. The first-order chi connectivity index (χ1) is 30.8. The number of halogens is 9. The Morgan fingerprint density at radius 2 is 0.719 bits per heavy atom. The fraction of sp³-hybridized carbons (Fsp3) is 0.640. The Morgan fingerprint density at radius 3 is 1.08 bits per heavy atom. The lowest BCUT2D eigenvalue weighted by atomic mass is 9.92. The summed E-state index contributed by atoms with van der Waals surface area (Å²) >= 11 is 0. The van der Waals surface area contributed by atoms with Crippen LogP contribution in [0.1, 0.15) is 193 Å². The Bertz CT molecular complexity index is 1670. The minimum Gasteiger partial charge on any atom is -0.489 e. The molecule has 0 aliphatic heterocycles. The van der Waals surface area contributed by atoms with Crippen molar-refractivity contribution in [3.63, 3.8) is 0 Å². The maximum Gasteiger partial charge on any atom is 0.864 e. The number of quaternary nitrogens is 1. The number of nitrogens with zero attached hydrogens (tertiary/aromatic N) is 1. The van der Waals surface area contributed by atoms with Crippen LogP contribution in [0, 0.1) is 52.4 Å². The molecule has 0 aliphatic carbocycles. The average molecular weight is 917 g/mol. The Balaban J connectivity index is 1.92. The molecule has 3 rings (SSSR count). The third kappa shape index (κ3) is 17.7. The topological polar surface area (TPSA) is 27.7 Å².